The molecule has 0 unspecified atom stereocenters. The molecule has 1 aliphatic rings. The van der Waals surface area contributed by atoms with Crippen LogP contribution in [0.3, 0.4) is 0 Å². The molecule has 6 heteroatoms. The molecule has 1 aliphatic heterocycles. The number of nitrogens with zero attached hydrogens (tertiary/aromatic N) is 2. The van der Waals surface area contributed by atoms with E-state index in [-0.39, 0.29) is 24.3 Å². The van der Waals surface area contributed by atoms with Crippen LogP contribution in [0.2, 0.25) is 0 Å². The lowest BCUT2D eigenvalue weighted by Gasteiger charge is -2.28. The summed E-state index contributed by atoms with van der Waals surface area (Å²) < 4.78 is 0. The molecule has 0 atom stereocenters. The Balaban J connectivity index is 2.12. The van der Waals surface area contributed by atoms with Crippen LogP contribution in [0.5, 0.6) is 0 Å². The number of nitrogens with two attached hydrogens (primary N) is 1. The zero-order valence-electron chi connectivity index (χ0n) is 10.2. The first kappa shape index (κ1) is 12.5. The monoisotopic (exact) mass is 248 g/mol. The number of hydrazine groups is 1. The standard InChI is InChI=1S/C12H16N4O2/c1-8-5-11(17)16(12(18)6-8)7-9-3-2-4-10(14-9)15-13/h2-4,8H,5-7,13H2,1H3,(H,14,15). The van der Waals surface area contributed by atoms with Crippen LogP contribution in [0.1, 0.15) is 25.5 Å². The number of hydrogen-bond donors (Lipinski definition) is 2. The van der Waals surface area contributed by atoms with E-state index in [1.807, 2.05) is 6.92 Å². The minimum absolute atomic E-state index is 0.131. The molecule has 6 nitrogen and oxygen atoms in total. The number of imide groups is 1. The number of anilines is 1. The van der Waals surface area contributed by atoms with Crippen molar-refractivity contribution in [3.63, 3.8) is 0 Å². The second-order valence-electron chi connectivity index (χ2n) is 4.55. The molecule has 0 saturated carbocycles. The fourth-order valence-electron chi connectivity index (χ4n) is 2.01. The summed E-state index contributed by atoms with van der Waals surface area (Å²) in [6.45, 7) is 2.12. The Morgan fingerprint density at radius 2 is 2.06 bits per heavy atom. The molecule has 0 spiro atoms. The summed E-state index contributed by atoms with van der Waals surface area (Å²) in [5.74, 6) is 5.64. The number of rotatable bonds is 3. The molecule has 1 fully saturated rings. The average molecular weight is 248 g/mol. The van der Waals surface area contributed by atoms with Crippen LogP contribution >= 0.6 is 0 Å². The average Bonchev–Trinajstić information content (AvgIpc) is 2.34. The number of pyridine rings is 1. The molecule has 0 bridgehead atoms. The molecule has 1 saturated heterocycles. The molecule has 2 rings (SSSR count). The van der Waals surface area contributed by atoms with Gasteiger partial charge < -0.3 is 5.43 Å². The molecule has 0 aromatic carbocycles. The number of nitrogen functional groups attached to an aromatic ring is 1. The second-order valence-corrected chi connectivity index (χ2v) is 4.55. The first-order valence-corrected chi connectivity index (χ1v) is 5.86. The van der Waals surface area contributed by atoms with Gasteiger partial charge in [0.25, 0.3) is 0 Å². The van der Waals surface area contributed by atoms with Crippen molar-refractivity contribution < 1.29 is 9.59 Å². The van der Waals surface area contributed by atoms with Crippen molar-refractivity contribution in [2.45, 2.75) is 26.3 Å². The lowest BCUT2D eigenvalue weighted by molar-refractivity contribution is -0.150. The minimum atomic E-state index is -0.133. The molecule has 1 aromatic heterocycles. The SMILES string of the molecule is CC1CC(=O)N(Cc2cccc(NN)n2)C(=O)C1. The van der Waals surface area contributed by atoms with Gasteiger partial charge in [0.05, 0.1) is 12.2 Å². The van der Waals surface area contributed by atoms with Crippen molar-refractivity contribution in [3.05, 3.63) is 23.9 Å². The normalized spacial score (nSPS) is 17.1. The lowest BCUT2D eigenvalue weighted by atomic mass is 9.98. The highest BCUT2D eigenvalue weighted by atomic mass is 16.2. The molecule has 0 radical (unpaired) electrons. The van der Waals surface area contributed by atoms with Crippen molar-refractivity contribution in [3.8, 4) is 0 Å². The van der Waals surface area contributed by atoms with E-state index in [2.05, 4.69) is 10.4 Å². The predicted octanol–water partition coefficient (Wildman–Crippen LogP) is 0.652. The highest BCUT2D eigenvalue weighted by Crippen LogP contribution is 2.20. The molecular weight excluding hydrogens is 232 g/mol. The molecule has 0 aliphatic carbocycles. The van der Waals surface area contributed by atoms with E-state index in [0.717, 1.165) is 0 Å². The molecule has 2 heterocycles. The molecular formula is C12H16N4O2. The van der Waals surface area contributed by atoms with Gasteiger partial charge in [0, 0.05) is 12.8 Å². The van der Waals surface area contributed by atoms with E-state index < -0.39 is 0 Å². The van der Waals surface area contributed by atoms with Gasteiger partial charge in [0.1, 0.15) is 5.82 Å². The number of hydrogen-bond acceptors (Lipinski definition) is 5. The highest BCUT2D eigenvalue weighted by Gasteiger charge is 2.30. The third-order valence-electron chi connectivity index (χ3n) is 2.92. The fourth-order valence-corrected chi connectivity index (χ4v) is 2.01. The quantitative estimate of drug-likeness (QED) is 0.466. The number of carbonyl (C=O) groups excluding carboxylic acids is 2. The van der Waals surface area contributed by atoms with Crippen LogP contribution in [0, 0.1) is 5.92 Å². The van der Waals surface area contributed by atoms with Crippen molar-refractivity contribution >= 4 is 17.6 Å². The third kappa shape index (κ3) is 2.65. The van der Waals surface area contributed by atoms with Gasteiger partial charge in [-0.3, -0.25) is 14.5 Å². The van der Waals surface area contributed by atoms with Crippen molar-refractivity contribution in [2.75, 3.05) is 5.43 Å². The Morgan fingerprint density at radius 1 is 1.39 bits per heavy atom. The van der Waals surface area contributed by atoms with Gasteiger partial charge in [-0.05, 0) is 18.1 Å². The Labute approximate surface area is 105 Å². The molecule has 18 heavy (non-hydrogen) atoms. The lowest BCUT2D eigenvalue weighted by Crippen LogP contribution is -2.42. The van der Waals surface area contributed by atoms with Gasteiger partial charge in [-0.1, -0.05) is 13.0 Å². The minimum Gasteiger partial charge on any atom is -0.308 e. The smallest absolute Gasteiger partial charge is 0.229 e. The number of nitrogens with one attached hydrogen (secondary N) is 1. The van der Waals surface area contributed by atoms with Gasteiger partial charge in [-0.2, -0.15) is 0 Å². The third-order valence-corrected chi connectivity index (χ3v) is 2.92. The van der Waals surface area contributed by atoms with Gasteiger partial charge >= 0.3 is 0 Å². The van der Waals surface area contributed by atoms with Crippen LogP contribution < -0.4 is 11.3 Å². The summed E-state index contributed by atoms with van der Waals surface area (Å²) in [5.41, 5.74) is 3.08. The Kier molecular flexibility index (Phi) is 3.57. The molecule has 96 valence electrons. The van der Waals surface area contributed by atoms with E-state index in [1.54, 1.807) is 18.2 Å². The maximum absolute atomic E-state index is 11.8. The van der Waals surface area contributed by atoms with Crippen LogP contribution in [-0.2, 0) is 16.1 Å². The van der Waals surface area contributed by atoms with E-state index in [9.17, 15) is 9.59 Å². The van der Waals surface area contributed by atoms with E-state index in [4.69, 9.17) is 5.84 Å². The van der Waals surface area contributed by atoms with Gasteiger partial charge in [0.15, 0.2) is 0 Å². The number of piperidine rings is 1. The summed E-state index contributed by atoms with van der Waals surface area (Å²) in [6.07, 6.45) is 0.834. The predicted molar refractivity (Wildman–Crippen MR) is 66.0 cm³/mol. The van der Waals surface area contributed by atoms with Crippen LogP contribution in [-0.4, -0.2) is 21.7 Å². The summed E-state index contributed by atoms with van der Waals surface area (Å²) >= 11 is 0. The van der Waals surface area contributed by atoms with Crippen LogP contribution in [0.25, 0.3) is 0 Å². The zero-order valence-corrected chi connectivity index (χ0v) is 10.2. The van der Waals surface area contributed by atoms with Gasteiger partial charge in [-0.25, -0.2) is 10.8 Å². The summed E-state index contributed by atoms with van der Waals surface area (Å²) in [6, 6.07) is 5.25. The van der Waals surface area contributed by atoms with Crippen molar-refractivity contribution in [2.24, 2.45) is 11.8 Å². The zero-order chi connectivity index (χ0) is 13.1. The van der Waals surface area contributed by atoms with Crippen molar-refractivity contribution in [1.29, 1.82) is 0 Å². The molecule has 3 N–H and O–H groups in total. The number of aromatic nitrogens is 1. The van der Waals surface area contributed by atoms with Gasteiger partial charge in [-0.15, -0.1) is 0 Å². The summed E-state index contributed by atoms with van der Waals surface area (Å²) in [5, 5.41) is 0. The maximum atomic E-state index is 11.8. The maximum Gasteiger partial charge on any atom is 0.229 e. The van der Waals surface area contributed by atoms with Crippen LogP contribution in [0.4, 0.5) is 5.82 Å². The second kappa shape index (κ2) is 5.14. The van der Waals surface area contributed by atoms with Crippen LogP contribution in [0.15, 0.2) is 18.2 Å². The first-order valence-electron chi connectivity index (χ1n) is 5.86. The molecule has 1 aromatic rings. The molecule has 2 amide bonds. The first-order chi connectivity index (χ1) is 8.60. The van der Waals surface area contributed by atoms with E-state index in [1.165, 1.54) is 4.90 Å². The number of carbonyl (C=O) groups is 2. The highest BCUT2D eigenvalue weighted by molar-refractivity contribution is 5.97. The largest absolute Gasteiger partial charge is 0.308 e. The van der Waals surface area contributed by atoms with E-state index >= 15 is 0 Å². The Morgan fingerprint density at radius 3 is 2.67 bits per heavy atom. The van der Waals surface area contributed by atoms with Crippen molar-refractivity contribution in [1.82, 2.24) is 9.88 Å². The topological polar surface area (TPSA) is 88.3 Å². The Hall–Kier alpha value is -1.95. The fraction of sp³-hybridized carbons (Fsp3) is 0.417. The summed E-state index contributed by atoms with van der Waals surface area (Å²) in [4.78, 5) is 29.1. The van der Waals surface area contributed by atoms with E-state index in [0.29, 0.717) is 24.4 Å². The Bertz CT molecular complexity index is 457. The number of likely N-dealkylation sites (tertiary alicyclic amines) is 1. The van der Waals surface area contributed by atoms with Gasteiger partial charge in [0.2, 0.25) is 11.8 Å². The summed E-state index contributed by atoms with van der Waals surface area (Å²) in [7, 11) is 0. The number of amides is 2.